The summed E-state index contributed by atoms with van der Waals surface area (Å²) < 4.78 is 16.0. The molecule has 9 heavy (non-hydrogen) atoms. The minimum absolute atomic E-state index is 0.129. The molecular formula is C5H11FOSe2. The van der Waals surface area contributed by atoms with Crippen LogP contribution in [0.3, 0.4) is 0 Å². The van der Waals surface area contributed by atoms with Crippen molar-refractivity contribution in [3.05, 3.63) is 0 Å². The molecule has 0 radical (unpaired) electrons. The molecule has 56 valence electrons. The SMILES string of the molecule is CCCCC[Se]O[Se]F. The van der Waals surface area contributed by atoms with Gasteiger partial charge in [0.2, 0.25) is 0 Å². The van der Waals surface area contributed by atoms with E-state index in [1.807, 2.05) is 0 Å². The van der Waals surface area contributed by atoms with Crippen molar-refractivity contribution in [2.75, 3.05) is 0 Å². The predicted molar refractivity (Wildman–Crippen MR) is 38.0 cm³/mol. The third-order valence-corrected chi connectivity index (χ3v) is 3.78. The Balaban J connectivity index is 2.60. The van der Waals surface area contributed by atoms with Crippen LogP contribution in [0.5, 0.6) is 0 Å². The molecule has 0 saturated heterocycles. The molecule has 0 rings (SSSR count). The van der Waals surface area contributed by atoms with E-state index in [4.69, 9.17) is 0 Å². The van der Waals surface area contributed by atoms with E-state index in [0.29, 0.717) is 0 Å². The van der Waals surface area contributed by atoms with Gasteiger partial charge < -0.3 is 0 Å². The van der Waals surface area contributed by atoms with E-state index in [1.54, 1.807) is 0 Å². The molecule has 0 aromatic heterocycles. The van der Waals surface area contributed by atoms with Crippen LogP contribution in [0.15, 0.2) is 0 Å². The first-order chi connectivity index (χ1) is 4.41. The van der Waals surface area contributed by atoms with Gasteiger partial charge in [-0.3, -0.25) is 0 Å². The van der Waals surface area contributed by atoms with Crippen LogP contribution in [-0.4, -0.2) is 31.0 Å². The molecule has 0 N–H and O–H groups in total. The fraction of sp³-hybridized carbons (Fsp3) is 1.00. The number of rotatable bonds is 6. The van der Waals surface area contributed by atoms with E-state index >= 15 is 0 Å². The van der Waals surface area contributed by atoms with Crippen LogP contribution in [0.1, 0.15) is 26.2 Å². The average Bonchev–Trinajstić information content (AvgIpc) is 1.89. The second-order valence-electron chi connectivity index (χ2n) is 1.66. The van der Waals surface area contributed by atoms with Crippen LogP contribution in [0.25, 0.3) is 0 Å². The second kappa shape index (κ2) is 8.93. The van der Waals surface area contributed by atoms with Gasteiger partial charge in [-0.05, 0) is 0 Å². The zero-order chi connectivity index (χ0) is 6.95. The first-order valence-electron chi connectivity index (χ1n) is 2.98. The Kier molecular flexibility index (Phi) is 9.85. The maximum atomic E-state index is 11.4. The molecule has 0 fully saturated rings. The average molecular weight is 264 g/mol. The summed E-state index contributed by atoms with van der Waals surface area (Å²) in [5.74, 6) is 0. The Labute approximate surface area is 69.2 Å². The molecular weight excluding hydrogens is 253 g/mol. The van der Waals surface area contributed by atoms with Crippen LogP contribution in [0.2, 0.25) is 5.32 Å². The van der Waals surface area contributed by atoms with Crippen molar-refractivity contribution in [2.45, 2.75) is 31.5 Å². The van der Waals surface area contributed by atoms with Gasteiger partial charge >= 0.3 is 69.0 Å². The molecule has 0 aromatic rings. The molecule has 0 bridgehead atoms. The first kappa shape index (κ1) is 9.93. The van der Waals surface area contributed by atoms with E-state index in [0.717, 1.165) is 5.32 Å². The van der Waals surface area contributed by atoms with Crippen LogP contribution in [-0.2, 0) is 2.90 Å². The molecule has 0 aromatic carbocycles. The van der Waals surface area contributed by atoms with Crippen molar-refractivity contribution in [1.82, 2.24) is 0 Å². The second-order valence-corrected chi connectivity index (χ2v) is 5.04. The van der Waals surface area contributed by atoms with Gasteiger partial charge in [-0.15, -0.1) is 0 Å². The Morgan fingerprint density at radius 3 is 2.78 bits per heavy atom. The van der Waals surface area contributed by atoms with Gasteiger partial charge in [0, 0.05) is 0 Å². The van der Waals surface area contributed by atoms with Crippen LogP contribution in [0, 0.1) is 0 Å². The maximum absolute atomic E-state index is 11.4. The van der Waals surface area contributed by atoms with Gasteiger partial charge in [0.15, 0.2) is 0 Å². The van der Waals surface area contributed by atoms with Crippen molar-refractivity contribution in [3.63, 3.8) is 0 Å². The molecule has 4 heteroatoms. The quantitative estimate of drug-likeness (QED) is 0.524. The van der Waals surface area contributed by atoms with E-state index in [2.05, 4.69) is 9.83 Å². The summed E-state index contributed by atoms with van der Waals surface area (Å²) in [7, 11) is 0. The number of unbranched alkanes of at least 4 members (excludes halogenated alkanes) is 2. The summed E-state index contributed by atoms with van der Waals surface area (Å²) in [5, 5.41) is 1.08. The normalized spacial score (nSPS) is 10.0. The van der Waals surface area contributed by atoms with E-state index in [1.165, 1.54) is 19.3 Å². The third-order valence-electron chi connectivity index (χ3n) is 0.905. The first-order valence-corrected chi connectivity index (χ1v) is 6.24. The van der Waals surface area contributed by atoms with Gasteiger partial charge in [0.25, 0.3) is 0 Å². The summed E-state index contributed by atoms with van der Waals surface area (Å²) in [6, 6.07) is 0. The Morgan fingerprint density at radius 1 is 1.44 bits per heavy atom. The standard InChI is InChI=1S/C5H11FOSe2/c1-2-3-4-5-8-7-9-6/h2-5H2,1H3. The van der Waals surface area contributed by atoms with Crippen molar-refractivity contribution >= 4 is 31.0 Å². The fourth-order valence-electron chi connectivity index (χ4n) is 0.463. The van der Waals surface area contributed by atoms with Crippen molar-refractivity contribution in [3.8, 4) is 0 Å². The molecule has 0 aliphatic heterocycles. The topological polar surface area (TPSA) is 9.23 Å². The minimum atomic E-state index is -1.05. The summed E-state index contributed by atoms with van der Waals surface area (Å²) >= 11 is -0.921. The molecule has 0 unspecified atom stereocenters. The monoisotopic (exact) mass is 266 g/mol. The molecule has 0 atom stereocenters. The predicted octanol–water partition coefficient (Wildman–Crippen LogP) is 1.73. The number of halogens is 1. The summed E-state index contributed by atoms with van der Waals surface area (Å²) in [5.41, 5.74) is 0. The zero-order valence-corrected chi connectivity index (χ0v) is 8.86. The molecule has 0 amide bonds. The molecule has 0 saturated carbocycles. The summed E-state index contributed by atoms with van der Waals surface area (Å²) in [4.78, 5) is 0. The molecule has 0 heterocycles. The van der Waals surface area contributed by atoms with Crippen LogP contribution < -0.4 is 0 Å². The van der Waals surface area contributed by atoms with Gasteiger partial charge in [-0.2, -0.15) is 0 Å². The van der Waals surface area contributed by atoms with Crippen molar-refractivity contribution in [1.29, 1.82) is 0 Å². The van der Waals surface area contributed by atoms with Gasteiger partial charge in [0.05, 0.1) is 0 Å². The summed E-state index contributed by atoms with van der Waals surface area (Å²) in [6.45, 7) is 2.16. The van der Waals surface area contributed by atoms with Gasteiger partial charge in [-0.25, -0.2) is 0 Å². The Hall–Kier alpha value is 0.929. The molecule has 0 spiro atoms. The third kappa shape index (κ3) is 8.93. The van der Waals surface area contributed by atoms with Crippen LogP contribution >= 0.6 is 0 Å². The number of hydrogen-bond donors (Lipinski definition) is 0. The Morgan fingerprint density at radius 2 is 2.22 bits per heavy atom. The van der Waals surface area contributed by atoms with Crippen molar-refractivity contribution in [2.24, 2.45) is 0 Å². The van der Waals surface area contributed by atoms with Gasteiger partial charge in [-0.1, -0.05) is 0 Å². The van der Waals surface area contributed by atoms with Crippen molar-refractivity contribution < 1.29 is 6.45 Å². The Bertz CT molecular complexity index is 48.2. The number of hydrogen-bond acceptors (Lipinski definition) is 1. The van der Waals surface area contributed by atoms with Crippen LogP contribution in [0.4, 0.5) is 3.55 Å². The molecule has 1 nitrogen and oxygen atoms in total. The van der Waals surface area contributed by atoms with Gasteiger partial charge in [0.1, 0.15) is 0 Å². The molecule has 0 aliphatic rings. The fourth-order valence-corrected chi connectivity index (χ4v) is 2.50. The molecule has 0 aliphatic carbocycles. The van der Waals surface area contributed by atoms with E-state index in [-0.39, 0.29) is 15.3 Å². The zero-order valence-electron chi connectivity index (χ0n) is 5.43. The summed E-state index contributed by atoms with van der Waals surface area (Å²) in [6.07, 6.45) is 3.69. The van der Waals surface area contributed by atoms with E-state index in [9.17, 15) is 3.55 Å². The van der Waals surface area contributed by atoms with E-state index < -0.39 is 15.7 Å².